The number of carbonyl (C=O) groups is 1. The standard InChI is InChI=1S/C17H17ClN4O/c1-11-15(16(18)21(2)20-11)14-4-3-9-22(14)17(23)13-7-5-12(10-19)6-8-13/h5-8,14H,3-4,9H2,1-2H3/t14-/m1/s1. The van der Waals surface area contributed by atoms with Crippen LogP contribution in [0.25, 0.3) is 0 Å². The lowest BCUT2D eigenvalue weighted by Gasteiger charge is -2.25. The number of aromatic nitrogens is 2. The van der Waals surface area contributed by atoms with Crippen molar-refractivity contribution >= 4 is 17.5 Å². The van der Waals surface area contributed by atoms with Crippen LogP contribution in [0.4, 0.5) is 0 Å². The Hall–Kier alpha value is -2.32. The van der Waals surface area contributed by atoms with Gasteiger partial charge >= 0.3 is 0 Å². The van der Waals surface area contributed by atoms with Crippen LogP contribution in [0.2, 0.25) is 5.15 Å². The number of nitrogens with zero attached hydrogens (tertiary/aromatic N) is 4. The van der Waals surface area contributed by atoms with Gasteiger partial charge in [-0.15, -0.1) is 0 Å². The number of aryl methyl sites for hydroxylation is 2. The Labute approximate surface area is 140 Å². The highest BCUT2D eigenvalue weighted by atomic mass is 35.5. The topological polar surface area (TPSA) is 61.9 Å². The smallest absolute Gasteiger partial charge is 0.254 e. The lowest BCUT2D eigenvalue weighted by atomic mass is 10.0. The van der Waals surface area contributed by atoms with E-state index < -0.39 is 0 Å². The first-order valence-electron chi connectivity index (χ1n) is 7.53. The van der Waals surface area contributed by atoms with Gasteiger partial charge in [-0.2, -0.15) is 10.4 Å². The lowest BCUT2D eigenvalue weighted by Crippen LogP contribution is -2.30. The summed E-state index contributed by atoms with van der Waals surface area (Å²) < 4.78 is 1.65. The van der Waals surface area contributed by atoms with Crippen LogP contribution < -0.4 is 0 Å². The van der Waals surface area contributed by atoms with Gasteiger partial charge in [0.25, 0.3) is 5.91 Å². The van der Waals surface area contributed by atoms with Crippen molar-refractivity contribution in [1.29, 1.82) is 5.26 Å². The lowest BCUT2D eigenvalue weighted by molar-refractivity contribution is 0.0735. The molecule has 1 fully saturated rings. The molecule has 1 aromatic heterocycles. The van der Waals surface area contributed by atoms with Gasteiger partial charge in [0.05, 0.1) is 23.4 Å². The van der Waals surface area contributed by atoms with Gasteiger partial charge in [-0.3, -0.25) is 9.48 Å². The number of halogens is 1. The molecule has 1 saturated heterocycles. The Balaban J connectivity index is 1.92. The molecule has 6 heteroatoms. The number of nitriles is 1. The van der Waals surface area contributed by atoms with Gasteiger partial charge in [-0.1, -0.05) is 11.6 Å². The predicted molar refractivity (Wildman–Crippen MR) is 87.1 cm³/mol. The van der Waals surface area contributed by atoms with E-state index in [9.17, 15) is 4.79 Å². The van der Waals surface area contributed by atoms with Gasteiger partial charge in [0, 0.05) is 24.7 Å². The van der Waals surface area contributed by atoms with Gasteiger partial charge in [0.2, 0.25) is 0 Å². The average molecular weight is 329 g/mol. The summed E-state index contributed by atoms with van der Waals surface area (Å²) in [4.78, 5) is 14.7. The highest BCUT2D eigenvalue weighted by Crippen LogP contribution is 2.38. The second-order valence-electron chi connectivity index (χ2n) is 5.76. The fourth-order valence-corrected chi connectivity index (χ4v) is 3.49. The van der Waals surface area contributed by atoms with Crippen molar-refractivity contribution in [3.8, 4) is 6.07 Å². The van der Waals surface area contributed by atoms with Crippen molar-refractivity contribution in [2.24, 2.45) is 7.05 Å². The number of hydrogen-bond donors (Lipinski definition) is 0. The minimum atomic E-state index is -0.0423. The summed E-state index contributed by atoms with van der Waals surface area (Å²) in [6.45, 7) is 2.62. The van der Waals surface area contributed by atoms with Crippen molar-refractivity contribution in [2.75, 3.05) is 6.54 Å². The van der Waals surface area contributed by atoms with E-state index >= 15 is 0 Å². The largest absolute Gasteiger partial charge is 0.331 e. The van der Waals surface area contributed by atoms with Crippen LogP contribution in [0.1, 0.15) is 46.1 Å². The molecule has 1 amide bonds. The number of rotatable bonds is 2. The van der Waals surface area contributed by atoms with Gasteiger partial charge in [0.1, 0.15) is 5.15 Å². The summed E-state index contributed by atoms with van der Waals surface area (Å²) in [7, 11) is 1.81. The minimum absolute atomic E-state index is 0.0312. The van der Waals surface area contributed by atoms with Gasteiger partial charge in [-0.25, -0.2) is 0 Å². The van der Waals surface area contributed by atoms with Gasteiger partial charge in [-0.05, 0) is 44.0 Å². The predicted octanol–water partition coefficient (Wildman–Crippen LogP) is 3.23. The maximum atomic E-state index is 12.8. The van der Waals surface area contributed by atoms with Gasteiger partial charge in [0.15, 0.2) is 0 Å². The molecule has 1 aliphatic heterocycles. The maximum absolute atomic E-state index is 12.8. The Morgan fingerprint density at radius 1 is 1.39 bits per heavy atom. The van der Waals surface area contributed by atoms with Crippen LogP contribution >= 0.6 is 11.6 Å². The van der Waals surface area contributed by atoms with Crippen molar-refractivity contribution in [3.05, 3.63) is 51.8 Å². The number of benzene rings is 1. The van der Waals surface area contributed by atoms with E-state index in [1.807, 2.05) is 11.8 Å². The zero-order chi connectivity index (χ0) is 16.6. The van der Waals surface area contributed by atoms with E-state index in [1.54, 1.807) is 36.0 Å². The van der Waals surface area contributed by atoms with Gasteiger partial charge < -0.3 is 4.90 Å². The fourth-order valence-electron chi connectivity index (χ4n) is 3.19. The van der Waals surface area contributed by atoms with E-state index in [2.05, 4.69) is 11.2 Å². The zero-order valence-electron chi connectivity index (χ0n) is 13.1. The molecule has 0 saturated carbocycles. The molecule has 0 radical (unpaired) electrons. The van der Waals surface area contributed by atoms with E-state index in [1.165, 1.54) is 0 Å². The summed E-state index contributed by atoms with van der Waals surface area (Å²) in [5.74, 6) is -0.0312. The summed E-state index contributed by atoms with van der Waals surface area (Å²) in [5.41, 5.74) is 2.94. The molecule has 118 valence electrons. The Bertz CT molecular complexity index is 788. The molecule has 23 heavy (non-hydrogen) atoms. The van der Waals surface area contributed by atoms with E-state index in [0.717, 1.165) is 24.1 Å². The molecule has 3 rings (SSSR count). The minimum Gasteiger partial charge on any atom is -0.331 e. The Morgan fingerprint density at radius 3 is 2.65 bits per heavy atom. The summed E-state index contributed by atoms with van der Waals surface area (Å²) in [5, 5.41) is 13.8. The molecule has 2 aromatic rings. The van der Waals surface area contributed by atoms with Crippen LogP contribution in [-0.4, -0.2) is 27.1 Å². The normalized spacial score (nSPS) is 17.3. The molecule has 0 unspecified atom stereocenters. The molecule has 1 atom stereocenters. The third kappa shape index (κ3) is 2.71. The number of amides is 1. The van der Waals surface area contributed by atoms with E-state index in [-0.39, 0.29) is 11.9 Å². The first-order valence-corrected chi connectivity index (χ1v) is 7.91. The van der Waals surface area contributed by atoms with E-state index in [4.69, 9.17) is 16.9 Å². The first-order chi connectivity index (χ1) is 11.0. The van der Waals surface area contributed by atoms with Crippen molar-refractivity contribution in [1.82, 2.24) is 14.7 Å². The first kappa shape index (κ1) is 15.6. The zero-order valence-corrected chi connectivity index (χ0v) is 13.8. The SMILES string of the molecule is Cc1nn(C)c(Cl)c1[C@H]1CCCN1C(=O)c1ccc(C#N)cc1. The van der Waals surface area contributed by atoms with Crippen LogP contribution in [0.15, 0.2) is 24.3 Å². The number of carbonyl (C=O) groups excluding carboxylic acids is 1. The molecular weight excluding hydrogens is 312 g/mol. The van der Waals surface area contributed by atoms with Crippen LogP contribution in [0, 0.1) is 18.3 Å². The van der Waals surface area contributed by atoms with Crippen molar-refractivity contribution < 1.29 is 4.79 Å². The quantitative estimate of drug-likeness (QED) is 0.850. The molecule has 1 aromatic carbocycles. The molecule has 1 aliphatic rings. The third-order valence-corrected chi connectivity index (χ3v) is 4.75. The molecule has 2 heterocycles. The Morgan fingerprint density at radius 2 is 2.09 bits per heavy atom. The summed E-state index contributed by atoms with van der Waals surface area (Å²) in [6.07, 6.45) is 1.83. The van der Waals surface area contributed by atoms with Crippen molar-refractivity contribution in [2.45, 2.75) is 25.8 Å². The molecule has 0 bridgehead atoms. The molecule has 0 aliphatic carbocycles. The monoisotopic (exact) mass is 328 g/mol. The highest BCUT2D eigenvalue weighted by molar-refractivity contribution is 6.30. The second-order valence-corrected chi connectivity index (χ2v) is 6.12. The third-order valence-electron chi connectivity index (χ3n) is 4.30. The molecule has 5 nitrogen and oxygen atoms in total. The maximum Gasteiger partial charge on any atom is 0.254 e. The van der Waals surface area contributed by atoms with E-state index in [0.29, 0.717) is 22.8 Å². The summed E-state index contributed by atoms with van der Waals surface area (Å²) in [6, 6.07) is 8.76. The summed E-state index contributed by atoms with van der Waals surface area (Å²) >= 11 is 6.38. The molecule has 0 spiro atoms. The van der Waals surface area contributed by atoms with Crippen LogP contribution in [0.3, 0.4) is 0 Å². The fraction of sp³-hybridized carbons (Fsp3) is 0.353. The van der Waals surface area contributed by atoms with Crippen LogP contribution in [0.5, 0.6) is 0 Å². The van der Waals surface area contributed by atoms with Crippen molar-refractivity contribution in [3.63, 3.8) is 0 Å². The van der Waals surface area contributed by atoms with Crippen LogP contribution in [-0.2, 0) is 7.05 Å². The molecular formula is C17H17ClN4O. The molecule has 0 N–H and O–H groups in total. The average Bonchev–Trinajstić information content (AvgIpc) is 3.12. The number of likely N-dealkylation sites (tertiary alicyclic amines) is 1. The Kier molecular flexibility index (Phi) is 4.10. The second kappa shape index (κ2) is 6.05. The number of hydrogen-bond acceptors (Lipinski definition) is 3. The highest BCUT2D eigenvalue weighted by Gasteiger charge is 2.34.